The Balaban J connectivity index is 1.92. The van der Waals surface area contributed by atoms with Crippen LogP contribution in [0.2, 0.25) is 0 Å². The van der Waals surface area contributed by atoms with E-state index >= 15 is 0 Å². The van der Waals surface area contributed by atoms with Crippen molar-refractivity contribution in [2.75, 3.05) is 26.3 Å². The third-order valence-electron chi connectivity index (χ3n) is 3.49. The number of ether oxygens (including phenoxy) is 1. The first-order chi connectivity index (χ1) is 7.22. The van der Waals surface area contributed by atoms with Crippen LogP contribution in [-0.4, -0.2) is 42.5 Å². The molecule has 15 heavy (non-hydrogen) atoms. The number of carbonyl (C=O) groups is 1. The summed E-state index contributed by atoms with van der Waals surface area (Å²) >= 11 is 5.97. The van der Waals surface area contributed by atoms with Gasteiger partial charge in [-0.05, 0) is 18.8 Å². The molecule has 0 saturated carbocycles. The van der Waals surface area contributed by atoms with Crippen LogP contribution in [0.25, 0.3) is 0 Å². The summed E-state index contributed by atoms with van der Waals surface area (Å²) in [5, 5.41) is -0.344. The maximum Gasteiger partial charge on any atom is 0.240 e. The van der Waals surface area contributed by atoms with E-state index in [4.69, 9.17) is 16.3 Å². The first kappa shape index (κ1) is 11.2. The number of piperidine rings is 1. The second kappa shape index (κ2) is 4.71. The third-order valence-corrected chi connectivity index (χ3v) is 3.99. The van der Waals surface area contributed by atoms with Crippen LogP contribution in [-0.2, 0) is 9.53 Å². The number of amides is 1. The molecule has 2 rings (SSSR count). The minimum absolute atomic E-state index is 0.101. The summed E-state index contributed by atoms with van der Waals surface area (Å²) < 4.78 is 5.44. The van der Waals surface area contributed by atoms with E-state index in [0.717, 1.165) is 32.7 Å². The summed E-state index contributed by atoms with van der Waals surface area (Å²) in [6.45, 7) is 5.33. The van der Waals surface area contributed by atoms with Crippen LogP contribution < -0.4 is 0 Å². The molecule has 2 fully saturated rings. The Morgan fingerprint density at radius 2 is 2.27 bits per heavy atom. The first-order valence-corrected chi connectivity index (χ1v) is 6.16. The highest BCUT2D eigenvalue weighted by Crippen LogP contribution is 2.29. The molecule has 2 heterocycles. The lowest BCUT2D eigenvalue weighted by molar-refractivity contribution is -0.133. The number of fused-ring (bicyclic) bond motifs is 1. The van der Waals surface area contributed by atoms with Gasteiger partial charge in [-0.2, -0.15) is 0 Å². The van der Waals surface area contributed by atoms with E-state index in [2.05, 4.69) is 0 Å². The van der Waals surface area contributed by atoms with Crippen LogP contribution >= 0.6 is 11.6 Å². The highest BCUT2D eigenvalue weighted by molar-refractivity contribution is 6.30. The first-order valence-electron chi connectivity index (χ1n) is 5.73. The largest absolute Gasteiger partial charge is 0.381 e. The van der Waals surface area contributed by atoms with Gasteiger partial charge in [0.15, 0.2) is 0 Å². The van der Waals surface area contributed by atoms with Crippen molar-refractivity contribution < 1.29 is 9.53 Å². The molecule has 0 aromatic heterocycles. The van der Waals surface area contributed by atoms with E-state index in [1.807, 2.05) is 11.8 Å². The number of nitrogens with zero attached hydrogens (tertiary/aromatic N) is 1. The summed E-state index contributed by atoms with van der Waals surface area (Å²) in [5.41, 5.74) is 0. The Bertz CT molecular complexity index is 247. The van der Waals surface area contributed by atoms with Gasteiger partial charge in [0.25, 0.3) is 0 Å². The zero-order valence-corrected chi connectivity index (χ0v) is 9.87. The Hall–Kier alpha value is -0.280. The fourth-order valence-electron chi connectivity index (χ4n) is 2.43. The van der Waals surface area contributed by atoms with E-state index < -0.39 is 0 Å². The fourth-order valence-corrected chi connectivity index (χ4v) is 2.57. The number of rotatable bonds is 2. The van der Waals surface area contributed by atoms with E-state index in [1.165, 1.54) is 0 Å². The van der Waals surface area contributed by atoms with Gasteiger partial charge in [0.05, 0.1) is 6.61 Å². The lowest BCUT2D eigenvalue weighted by Gasteiger charge is -2.34. The third kappa shape index (κ3) is 2.28. The Morgan fingerprint density at radius 1 is 1.53 bits per heavy atom. The molecule has 1 amide bonds. The normalized spacial score (nSPS) is 32.5. The van der Waals surface area contributed by atoms with E-state index in [1.54, 1.807) is 0 Å². The SMILES string of the molecule is CC[C@H](Cl)C(=O)N1CC[C@@H]2COC[C@H]2C1. The summed E-state index contributed by atoms with van der Waals surface area (Å²) in [7, 11) is 0. The Morgan fingerprint density at radius 3 is 3.00 bits per heavy atom. The summed E-state index contributed by atoms with van der Waals surface area (Å²) in [5.74, 6) is 1.32. The van der Waals surface area contributed by atoms with Gasteiger partial charge in [0.1, 0.15) is 5.38 Å². The molecule has 86 valence electrons. The quantitative estimate of drug-likeness (QED) is 0.675. The smallest absolute Gasteiger partial charge is 0.240 e. The molecule has 0 spiro atoms. The molecule has 0 aliphatic carbocycles. The fraction of sp³-hybridized carbons (Fsp3) is 0.909. The molecule has 2 saturated heterocycles. The Kier molecular flexibility index (Phi) is 3.52. The molecule has 0 radical (unpaired) electrons. The molecule has 0 aromatic rings. The van der Waals surface area contributed by atoms with Crippen molar-refractivity contribution in [3.8, 4) is 0 Å². The lowest BCUT2D eigenvalue weighted by atomic mass is 9.88. The van der Waals surface area contributed by atoms with Crippen LogP contribution in [0, 0.1) is 11.8 Å². The molecule has 3 nitrogen and oxygen atoms in total. The highest BCUT2D eigenvalue weighted by atomic mass is 35.5. The van der Waals surface area contributed by atoms with Gasteiger partial charge in [-0.1, -0.05) is 6.92 Å². The number of alkyl halides is 1. The van der Waals surface area contributed by atoms with Crippen LogP contribution in [0.3, 0.4) is 0 Å². The average Bonchev–Trinajstić information content (AvgIpc) is 2.73. The summed E-state index contributed by atoms with van der Waals surface area (Å²) in [6.07, 6.45) is 1.78. The van der Waals surface area contributed by atoms with E-state index in [-0.39, 0.29) is 11.3 Å². The predicted octanol–water partition coefficient (Wildman–Crippen LogP) is 1.50. The number of halogens is 1. The molecule has 0 aromatic carbocycles. The summed E-state index contributed by atoms with van der Waals surface area (Å²) in [6, 6.07) is 0. The minimum Gasteiger partial charge on any atom is -0.381 e. The average molecular weight is 232 g/mol. The number of hydrogen-bond donors (Lipinski definition) is 0. The highest BCUT2D eigenvalue weighted by Gasteiger charge is 2.36. The molecule has 2 aliphatic rings. The van der Waals surface area contributed by atoms with Crippen molar-refractivity contribution >= 4 is 17.5 Å². The van der Waals surface area contributed by atoms with Gasteiger partial charge in [-0.3, -0.25) is 4.79 Å². The second-order valence-electron chi connectivity index (χ2n) is 4.51. The Labute approximate surface area is 95.7 Å². The van der Waals surface area contributed by atoms with E-state index in [0.29, 0.717) is 18.3 Å². The van der Waals surface area contributed by atoms with Crippen molar-refractivity contribution in [1.82, 2.24) is 4.90 Å². The van der Waals surface area contributed by atoms with Gasteiger partial charge in [0, 0.05) is 25.6 Å². The van der Waals surface area contributed by atoms with Crippen molar-refractivity contribution in [1.29, 1.82) is 0 Å². The molecule has 2 aliphatic heterocycles. The number of hydrogen-bond acceptors (Lipinski definition) is 2. The van der Waals surface area contributed by atoms with Crippen LogP contribution in [0.1, 0.15) is 19.8 Å². The molecule has 0 bridgehead atoms. The van der Waals surface area contributed by atoms with Gasteiger partial charge in [-0.15, -0.1) is 11.6 Å². The number of carbonyl (C=O) groups excluding carboxylic acids is 1. The maximum absolute atomic E-state index is 11.9. The van der Waals surface area contributed by atoms with Crippen LogP contribution in [0.15, 0.2) is 0 Å². The molecule has 3 atom stereocenters. The van der Waals surface area contributed by atoms with Crippen molar-refractivity contribution in [2.45, 2.75) is 25.1 Å². The van der Waals surface area contributed by atoms with Crippen molar-refractivity contribution in [3.05, 3.63) is 0 Å². The van der Waals surface area contributed by atoms with Crippen LogP contribution in [0.4, 0.5) is 0 Å². The second-order valence-corrected chi connectivity index (χ2v) is 5.03. The van der Waals surface area contributed by atoms with Gasteiger partial charge in [-0.25, -0.2) is 0 Å². The van der Waals surface area contributed by atoms with E-state index in [9.17, 15) is 4.79 Å². The van der Waals surface area contributed by atoms with Gasteiger partial charge < -0.3 is 9.64 Å². The minimum atomic E-state index is -0.344. The maximum atomic E-state index is 11.9. The van der Waals surface area contributed by atoms with Gasteiger partial charge >= 0.3 is 0 Å². The molecular formula is C11H18ClNO2. The lowest BCUT2D eigenvalue weighted by Crippen LogP contribution is -2.46. The monoisotopic (exact) mass is 231 g/mol. The van der Waals surface area contributed by atoms with Crippen LogP contribution in [0.5, 0.6) is 0 Å². The van der Waals surface area contributed by atoms with Crippen molar-refractivity contribution in [2.24, 2.45) is 11.8 Å². The predicted molar refractivity (Wildman–Crippen MR) is 58.9 cm³/mol. The van der Waals surface area contributed by atoms with Crippen molar-refractivity contribution in [3.63, 3.8) is 0 Å². The zero-order chi connectivity index (χ0) is 10.8. The molecular weight excluding hydrogens is 214 g/mol. The molecule has 0 N–H and O–H groups in total. The topological polar surface area (TPSA) is 29.5 Å². The standard InChI is InChI=1S/C11H18ClNO2/c1-2-10(12)11(14)13-4-3-8-6-15-7-9(8)5-13/h8-10H,2-7H2,1H3/t8-,9-,10+/m1/s1. The van der Waals surface area contributed by atoms with Gasteiger partial charge in [0.2, 0.25) is 5.91 Å². The zero-order valence-electron chi connectivity index (χ0n) is 9.12. The summed E-state index contributed by atoms with van der Waals surface area (Å²) in [4.78, 5) is 13.8. The molecule has 0 unspecified atom stereocenters. The number of likely N-dealkylation sites (tertiary alicyclic amines) is 1. The molecule has 4 heteroatoms.